The minimum Gasteiger partial charge on any atom is -0.445 e. The minimum absolute atomic E-state index is 0.131. The monoisotopic (exact) mass is 462 g/mol. The van der Waals surface area contributed by atoms with Crippen molar-refractivity contribution in [3.05, 3.63) is 30.6 Å². The first-order valence-corrected chi connectivity index (χ1v) is 11.8. The van der Waals surface area contributed by atoms with E-state index < -0.39 is 31.0 Å². The number of aromatic nitrogens is 2. The summed E-state index contributed by atoms with van der Waals surface area (Å²) in [6.07, 6.45) is 1.42. The molecule has 1 saturated carbocycles. The van der Waals surface area contributed by atoms with Gasteiger partial charge in [0.2, 0.25) is 5.91 Å². The lowest BCUT2D eigenvalue weighted by Gasteiger charge is -2.42. The topological polar surface area (TPSA) is 67.7 Å². The van der Waals surface area contributed by atoms with Gasteiger partial charge in [-0.25, -0.2) is 13.6 Å². The molecule has 0 N–H and O–H groups in total. The molecule has 2 aromatic rings. The smallest absolute Gasteiger partial charge is 0.414 e. The first-order valence-electron chi connectivity index (χ1n) is 10.6. The second kappa shape index (κ2) is 7.75. The maximum Gasteiger partial charge on any atom is 0.414 e. The van der Waals surface area contributed by atoms with E-state index in [1.807, 2.05) is 47.8 Å². The van der Waals surface area contributed by atoms with Crippen LogP contribution < -0.4 is 9.80 Å². The van der Waals surface area contributed by atoms with E-state index in [0.717, 1.165) is 22.6 Å². The van der Waals surface area contributed by atoms with Crippen LogP contribution in [0.2, 0.25) is 0 Å². The molecule has 1 aromatic carbocycles. The van der Waals surface area contributed by atoms with Crippen LogP contribution >= 0.6 is 11.8 Å². The minimum atomic E-state index is -2.77. The molecule has 7 nitrogen and oxygen atoms in total. The number of fused-ring (bicyclic) bond motifs is 1. The summed E-state index contributed by atoms with van der Waals surface area (Å²) in [6, 6.07) is 5.67. The molecular weight excluding hydrogens is 438 g/mol. The average molecular weight is 463 g/mol. The Morgan fingerprint density at radius 1 is 1.19 bits per heavy atom. The number of hydrogen-bond acceptors (Lipinski definition) is 5. The Morgan fingerprint density at radius 2 is 1.94 bits per heavy atom. The number of hydrogen-bond donors (Lipinski definition) is 0. The summed E-state index contributed by atoms with van der Waals surface area (Å²) in [5, 5.41) is 4.47. The number of ether oxygens (including phenoxy) is 1. The maximum atomic E-state index is 13.2. The number of benzene rings is 1. The van der Waals surface area contributed by atoms with Crippen molar-refractivity contribution in [1.29, 1.82) is 0 Å². The molecule has 0 radical (unpaired) electrons. The van der Waals surface area contributed by atoms with Gasteiger partial charge in [-0.1, -0.05) is 6.07 Å². The van der Waals surface area contributed by atoms with Gasteiger partial charge < -0.3 is 9.64 Å². The molecule has 0 spiro atoms. The predicted octanol–water partition coefficient (Wildman–Crippen LogP) is 4.33. The summed E-state index contributed by atoms with van der Waals surface area (Å²) in [4.78, 5) is 28.3. The maximum absolute atomic E-state index is 13.2. The van der Waals surface area contributed by atoms with E-state index in [-0.39, 0.29) is 18.5 Å². The second-order valence-corrected chi connectivity index (χ2v) is 9.80. The molecule has 1 aliphatic carbocycles. The van der Waals surface area contributed by atoms with Gasteiger partial charge in [0.15, 0.2) is 0 Å². The van der Waals surface area contributed by atoms with Crippen molar-refractivity contribution in [3.63, 3.8) is 0 Å². The van der Waals surface area contributed by atoms with Crippen molar-refractivity contribution in [2.45, 2.75) is 50.8 Å². The van der Waals surface area contributed by atoms with Crippen LogP contribution in [0.15, 0.2) is 30.6 Å². The number of nitrogens with zero attached hydrogens (tertiary/aromatic N) is 4. The van der Waals surface area contributed by atoms with Crippen LogP contribution in [0.25, 0.3) is 11.1 Å². The molecule has 1 saturated heterocycles. The van der Waals surface area contributed by atoms with Gasteiger partial charge in [-0.2, -0.15) is 16.9 Å². The van der Waals surface area contributed by atoms with Gasteiger partial charge in [-0.15, -0.1) is 0 Å². The van der Waals surface area contributed by atoms with Crippen LogP contribution in [0.5, 0.6) is 0 Å². The first-order chi connectivity index (χ1) is 15.2. The summed E-state index contributed by atoms with van der Waals surface area (Å²) in [5.41, 5.74) is 2.88. The Hall–Kier alpha value is -2.62. The van der Waals surface area contributed by atoms with Gasteiger partial charge in [-0.05, 0) is 24.6 Å². The van der Waals surface area contributed by atoms with Crippen LogP contribution in [0.3, 0.4) is 0 Å². The van der Waals surface area contributed by atoms with Gasteiger partial charge in [0.05, 0.1) is 29.7 Å². The molecule has 170 valence electrons. The van der Waals surface area contributed by atoms with E-state index in [0.29, 0.717) is 17.4 Å². The van der Waals surface area contributed by atoms with Crippen molar-refractivity contribution >= 4 is 35.1 Å². The lowest BCUT2D eigenvalue weighted by molar-refractivity contribution is -0.143. The van der Waals surface area contributed by atoms with Crippen LogP contribution in [-0.4, -0.2) is 57.9 Å². The van der Waals surface area contributed by atoms with Crippen LogP contribution in [-0.2, 0) is 9.53 Å². The van der Waals surface area contributed by atoms with E-state index in [2.05, 4.69) is 5.10 Å². The Balaban J connectivity index is 1.46. The third kappa shape index (κ3) is 3.74. The molecule has 1 aromatic heterocycles. The van der Waals surface area contributed by atoms with E-state index in [9.17, 15) is 18.4 Å². The molecule has 32 heavy (non-hydrogen) atoms. The van der Waals surface area contributed by atoms with Crippen molar-refractivity contribution in [2.75, 3.05) is 27.9 Å². The van der Waals surface area contributed by atoms with E-state index in [1.54, 1.807) is 11.1 Å². The second-order valence-electron chi connectivity index (χ2n) is 8.72. The predicted molar refractivity (Wildman–Crippen MR) is 118 cm³/mol. The molecule has 1 unspecified atom stereocenters. The summed E-state index contributed by atoms with van der Waals surface area (Å²) >= 11 is 1.88. The molecule has 2 aliphatic heterocycles. The SMILES string of the molecule is CC(=O)N1c2ccc(-c3cnn(C4CSC4)c3)cc2N(C(=O)OC2CC(F)(F)C2)CC1C. The molecule has 3 aliphatic rings. The normalized spacial score (nSPS) is 22.7. The molecule has 1 atom stereocenters. The Morgan fingerprint density at radius 3 is 2.56 bits per heavy atom. The third-order valence-corrected chi connectivity index (χ3v) is 7.46. The fourth-order valence-corrected chi connectivity index (χ4v) is 5.17. The summed E-state index contributed by atoms with van der Waals surface area (Å²) in [5.74, 6) is -0.823. The number of amides is 2. The third-order valence-electron chi connectivity index (χ3n) is 6.22. The Bertz CT molecular complexity index is 1060. The molecule has 2 fully saturated rings. The van der Waals surface area contributed by atoms with Crippen molar-refractivity contribution in [3.8, 4) is 11.1 Å². The quantitative estimate of drug-likeness (QED) is 0.679. The lowest BCUT2D eigenvalue weighted by atomic mass is 9.91. The fourth-order valence-electron chi connectivity index (χ4n) is 4.42. The number of carbonyl (C=O) groups is 2. The fraction of sp³-hybridized carbons (Fsp3) is 0.500. The Labute approximate surface area is 188 Å². The first kappa shape index (κ1) is 21.2. The van der Waals surface area contributed by atoms with Crippen LogP contribution in [0, 0.1) is 0 Å². The largest absolute Gasteiger partial charge is 0.445 e. The van der Waals surface area contributed by atoms with E-state index >= 15 is 0 Å². The number of anilines is 2. The highest BCUT2D eigenvalue weighted by atomic mass is 32.2. The summed E-state index contributed by atoms with van der Waals surface area (Å²) in [7, 11) is 0. The van der Waals surface area contributed by atoms with Gasteiger partial charge in [0.25, 0.3) is 5.92 Å². The van der Waals surface area contributed by atoms with Crippen molar-refractivity contribution in [1.82, 2.24) is 9.78 Å². The Kier molecular flexibility index (Phi) is 5.15. The number of thioether (sulfide) groups is 1. The number of rotatable bonds is 3. The molecule has 0 bridgehead atoms. The molecule has 5 rings (SSSR count). The zero-order valence-electron chi connectivity index (χ0n) is 17.8. The zero-order valence-corrected chi connectivity index (χ0v) is 18.6. The zero-order chi connectivity index (χ0) is 22.6. The number of halogens is 2. The van der Waals surface area contributed by atoms with Gasteiger partial charge in [0.1, 0.15) is 6.10 Å². The lowest BCUT2D eigenvalue weighted by Crippen LogP contribution is -2.53. The van der Waals surface area contributed by atoms with Gasteiger partial charge >= 0.3 is 6.09 Å². The highest BCUT2D eigenvalue weighted by molar-refractivity contribution is 8.00. The highest BCUT2D eigenvalue weighted by Crippen LogP contribution is 2.42. The number of carbonyl (C=O) groups excluding carboxylic acids is 2. The highest BCUT2D eigenvalue weighted by Gasteiger charge is 2.48. The van der Waals surface area contributed by atoms with Crippen LogP contribution in [0.4, 0.5) is 25.0 Å². The van der Waals surface area contributed by atoms with Gasteiger partial charge in [-0.3, -0.25) is 14.4 Å². The summed E-state index contributed by atoms with van der Waals surface area (Å²) < 4.78 is 33.7. The average Bonchev–Trinajstić information content (AvgIpc) is 3.13. The molecular formula is C22H24F2N4O3S. The standard InChI is InChI=1S/C22H24F2N4O3S/c1-13-9-26(21(30)31-18-6-22(23,24)7-18)20-5-15(3-4-19(20)28(13)14(2)29)16-8-25-27(10-16)17-11-32-12-17/h3-5,8,10,13,17-18H,6-7,9,11-12H2,1-2H3. The number of alkyl halides is 2. The van der Waals surface area contributed by atoms with Crippen molar-refractivity contribution in [2.24, 2.45) is 0 Å². The van der Waals surface area contributed by atoms with Crippen LogP contribution in [0.1, 0.15) is 32.7 Å². The van der Waals surface area contributed by atoms with E-state index in [4.69, 9.17) is 4.74 Å². The molecule has 2 amide bonds. The van der Waals surface area contributed by atoms with E-state index in [1.165, 1.54) is 11.8 Å². The molecule has 3 heterocycles. The van der Waals surface area contributed by atoms with Crippen molar-refractivity contribution < 1.29 is 23.1 Å². The van der Waals surface area contributed by atoms with Gasteiger partial charge in [0, 0.05) is 49.6 Å². The molecule has 10 heteroatoms. The summed E-state index contributed by atoms with van der Waals surface area (Å²) in [6.45, 7) is 3.55.